The molecule has 1 unspecified atom stereocenters. The third-order valence-electron chi connectivity index (χ3n) is 2.69. The van der Waals surface area contributed by atoms with Crippen LogP contribution >= 0.6 is 8.58 Å². The molecule has 0 fully saturated rings. The summed E-state index contributed by atoms with van der Waals surface area (Å²) < 4.78 is 0. The monoisotopic (exact) mass is 237 g/mol. The molecule has 3 rings (SSSR count). The molecule has 1 atom stereocenters. The number of hydrogen-bond acceptors (Lipinski definition) is 1. The van der Waals surface area contributed by atoms with E-state index < -0.39 is 0 Å². The zero-order valence-corrected chi connectivity index (χ0v) is 10.3. The molecular formula is C15H12NP. The van der Waals surface area contributed by atoms with Crippen molar-refractivity contribution in [3.63, 3.8) is 0 Å². The van der Waals surface area contributed by atoms with Crippen LogP contribution in [0.15, 0.2) is 66.9 Å². The third kappa shape index (κ3) is 2.20. The first-order valence-electron chi connectivity index (χ1n) is 5.59. The molecule has 0 spiro atoms. The lowest BCUT2D eigenvalue weighted by Crippen LogP contribution is -2.05. The van der Waals surface area contributed by atoms with Crippen LogP contribution in [0.3, 0.4) is 0 Å². The van der Waals surface area contributed by atoms with Crippen molar-refractivity contribution < 1.29 is 0 Å². The van der Waals surface area contributed by atoms with E-state index in [0.29, 0.717) is 8.58 Å². The van der Waals surface area contributed by atoms with Crippen molar-refractivity contribution >= 4 is 30.1 Å². The summed E-state index contributed by atoms with van der Waals surface area (Å²) in [5, 5.41) is 3.88. The molecule has 3 aromatic rings. The SMILES string of the molecule is c1ccc(Pc2cccc3cccnc23)cc1. The van der Waals surface area contributed by atoms with Gasteiger partial charge in [-0.05, 0) is 11.4 Å². The summed E-state index contributed by atoms with van der Waals surface area (Å²) in [6.45, 7) is 0. The normalized spacial score (nSPS) is 11.3. The van der Waals surface area contributed by atoms with Crippen LogP contribution in [0.1, 0.15) is 0 Å². The molecule has 0 radical (unpaired) electrons. The van der Waals surface area contributed by atoms with E-state index >= 15 is 0 Å². The number of rotatable bonds is 2. The predicted octanol–water partition coefficient (Wildman–Crippen LogP) is 2.86. The Bertz CT molecular complexity index is 629. The molecule has 0 amide bonds. The van der Waals surface area contributed by atoms with Crippen LogP contribution in [-0.2, 0) is 0 Å². The Kier molecular flexibility index (Phi) is 2.85. The number of fused-ring (bicyclic) bond motifs is 1. The fourth-order valence-corrected chi connectivity index (χ4v) is 3.06. The van der Waals surface area contributed by atoms with Gasteiger partial charge in [0, 0.05) is 16.9 Å². The van der Waals surface area contributed by atoms with Gasteiger partial charge in [-0.25, -0.2) is 0 Å². The minimum Gasteiger partial charge on any atom is -0.256 e. The summed E-state index contributed by atoms with van der Waals surface area (Å²) in [5.41, 5.74) is 1.12. The topological polar surface area (TPSA) is 12.9 Å². The number of pyridine rings is 1. The molecule has 0 N–H and O–H groups in total. The molecule has 0 bridgehead atoms. The van der Waals surface area contributed by atoms with Gasteiger partial charge < -0.3 is 0 Å². The Labute approximate surface area is 102 Å². The standard InChI is InChI=1S/C15H12NP/c1-2-8-13(9-3-1)17-14-10-4-6-12-7-5-11-16-15(12)14/h1-11,17H. The number of hydrogen-bond donors (Lipinski definition) is 0. The van der Waals surface area contributed by atoms with Gasteiger partial charge in [0.1, 0.15) is 0 Å². The van der Waals surface area contributed by atoms with Gasteiger partial charge in [0.25, 0.3) is 0 Å². The first kappa shape index (κ1) is 10.4. The Balaban J connectivity index is 2.06. The van der Waals surface area contributed by atoms with E-state index in [1.165, 1.54) is 16.0 Å². The van der Waals surface area contributed by atoms with Crippen LogP contribution in [0, 0.1) is 0 Å². The van der Waals surface area contributed by atoms with Gasteiger partial charge in [-0.15, -0.1) is 0 Å². The number of para-hydroxylation sites is 1. The molecule has 2 aromatic carbocycles. The van der Waals surface area contributed by atoms with Gasteiger partial charge in [0.2, 0.25) is 0 Å². The second-order valence-corrected chi connectivity index (χ2v) is 5.24. The van der Waals surface area contributed by atoms with Gasteiger partial charge >= 0.3 is 0 Å². The average molecular weight is 237 g/mol. The lowest BCUT2D eigenvalue weighted by Gasteiger charge is -2.05. The maximum atomic E-state index is 4.48. The molecule has 1 aromatic heterocycles. The Hall–Kier alpha value is -1.72. The second kappa shape index (κ2) is 4.65. The molecule has 82 valence electrons. The average Bonchev–Trinajstić information content (AvgIpc) is 2.40. The van der Waals surface area contributed by atoms with E-state index in [2.05, 4.69) is 59.6 Å². The Morgan fingerprint density at radius 3 is 2.47 bits per heavy atom. The summed E-state index contributed by atoms with van der Waals surface area (Å²) in [6.07, 6.45) is 1.86. The van der Waals surface area contributed by atoms with E-state index in [1.54, 1.807) is 0 Å². The van der Waals surface area contributed by atoms with Crippen molar-refractivity contribution in [2.45, 2.75) is 0 Å². The summed E-state index contributed by atoms with van der Waals surface area (Å²) >= 11 is 0. The number of aromatic nitrogens is 1. The quantitative estimate of drug-likeness (QED) is 0.624. The van der Waals surface area contributed by atoms with E-state index in [1.807, 2.05) is 12.3 Å². The van der Waals surface area contributed by atoms with Gasteiger partial charge in [-0.2, -0.15) is 0 Å². The maximum Gasteiger partial charge on any atom is 0.0779 e. The van der Waals surface area contributed by atoms with E-state index in [4.69, 9.17) is 0 Å². The summed E-state index contributed by atoms with van der Waals surface area (Å²) in [5.74, 6) is 0. The van der Waals surface area contributed by atoms with Crippen molar-refractivity contribution in [2.75, 3.05) is 0 Å². The zero-order chi connectivity index (χ0) is 11.5. The molecule has 17 heavy (non-hydrogen) atoms. The Morgan fingerprint density at radius 1 is 0.765 bits per heavy atom. The van der Waals surface area contributed by atoms with Crippen molar-refractivity contribution in [1.82, 2.24) is 4.98 Å². The molecule has 1 nitrogen and oxygen atoms in total. The van der Waals surface area contributed by atoms with E-state index in [0.717, 1.165) is 5.52 Å². The van der Waals surface area contributed by atoms with E-state index in [9.17, 15) is 0 Å². The second-order valence-electron chi connectivity index (χ2n) is 3.87. The highest BCUT2D eigenvalue weighted by atomic mass is 31.1. The molecule has 0 aliphatic carbocycles. The molecular weight excluding hydrogens is 225 g/mol. The van der Waals surface area contributed by atoms with E-state index in [-0.39, 0.29) is 0 Å². The zero-order valence-electron chi connectivity index (χ0n) is 9.30. The smallest absolute Gasteiger partial charge is 0.0779 e. The minimum atomic E-state index is 0.668. The highest BCUT2D eigenvalue weighted by Crippen LogP contribution is 2.17. The van der Waals surface area contributed by atoms with Gasteiger partial charge in [0.05, 0.1) is 5.52 Å². The molecule has 0 aliphatic rings. The number of benzene rings is 2. The fourth-order valence-electron chi connectivity index (χ4n) is 1.88. The van der Waals surface area contributed by atoms with Crippen LogP contribution in [-0.4, -0.2) is 4.98 Å². The summed E-state index contributed by atoms with van der Waals surface area (Å²) in [6, 6.07) is 21.0. The van der Waals surface area contributed by atoms with Crippen molar-refractivity contribution in [3.05, 3.63) is 66.9 Å². The van der Waals surface area contributed by atoms with Crippen LogP contribution in [0.25, 0.3) is 10.9 Å². The first-order chi connectivity index (χ1) is 8.43. The lowest BCUT2D eigenvalue weighted by molar-refractivity contribution is 1.42. The molecule has 0 saturated heterocycles. The van der Waals surface area contributed by atoms with Gasteiger partial charge in [-0.3, -0.25) is 4.98 Å². The predicted molar refractivity (Wildman–Crippen MR) is 75.8 cm³/mol. The highest BCUT2D eigenvalue weighted by Gasteiger charge is 2.02. The molecule has 0 aliphatic heterocycles. The van der Waals surface area contributed by atoms with Crippen molar-refractivity contribution in [1.29, 1.82) is 0 Å². The molecule has 2 heteroatoms. The van der Waals surface area contributed by atoms with Crippen LogP contribution in [0.2, 0.25) is 0 Å². The highest BCUT2D eigenvalue weighted by molar-refractivity contribution is 7.56. The maximum absolute atomic E-state index is 4.48. The third-order valence-corrected chi connectivity index (χ3v) is 3.98. The number of nitrogens with zero attached hydrogens (tertiary/aromatic N) is 1. The lowest BCUT2D eigenvalue weighted by atomic mass is 10.2. The fraction of sp³-hybridized carbons (Fsp3) is 0. The molecule has 0 saturated carbocycles. The van der Waals surface area contributed by atoms with Crippen LogP contribution in [0.5, 0.6) is 0 Å². The summed E-state index contributed by atoms with van der Waals surface area (Å²) in [7, 11) is 0.668. The Morgan fingerprint density at radius 2 is 1.59 bits per heavy atom. The van der Waals surface area contributed by atoms with Gasteiger partial charge in [0.15, 0.2) is 0 Å². The van der Waals surface area contributed by atoms with Crippen LogP contribution in [0.4, 0.5) is 0 Å². The first-order valence-corrected chi connectivity index (χ1v) is 6.59. The van der Waals surface area contributed by atoms with Crippen LogP contribution < -0.4 is 10.6 Å². The molecule has 1 heterocycles. The van der Waals surface area contributed by atoms with Crippen molar-refractivity contribution in [3.8, 4) is 0 Å². The minimum absolute atomic E-state index is 0.668. The largest absolute Gasteiger partial charge is 0.256 e. The van der Waals surface area contributed by atoms with Gasteiger partial charge in [-0.1, -0.05) is 63.2 Å². The summed E-state index contributed by atoms with van der Waals surface area (Å²) in [4.78, 5) is 4.48. The van der Waals surface area contributed by atoms with Crippen molar-refractivity contribution in [2.24, 2.45) is 0 Å².